The third-order valence-corrected chi connectivity index (χ3v) is 3.79. The quantitative estimate of drug-likeness (QED) is 0.571. The van der Waals surface area contributed by atoms with Crippen molar-refractivity contribution in [2.75, 3.05) is 5.32 Å². The van der Waals surface area contributed by atoms with Crippen LogP contribution in [0.25, 0.3) is 21.9 Å². The number of carbonyl (C=O) groups is 1. The predicted octanol–water partition coefficient (Wildman–Crippen LogP) is 4.54. The molecule has 2 N–H and O–H groups in total. The smallest absolute Gasteiger partial charge is 0.259 e. The monoisotopic (exact) mass is 303 g/mol. The van der Waals surface area contributed by atoms with Gasteiger partial charge in [-0.15, -0.1) is 0 Å². The number of hydrogen-bond acceptors (Lipinski definition) is 3. The number of aromatic hydroxyl groups is 1. The lowest BCUT2D eigenvalue weighted by atomic mass is 10.1. The van der Waals surface area contributed by atoms with E-state index in [1.54, 1.807) is 24.3 Å². The molecule has 3 aromatic carbocycles. The Labute approximate surface area is 132 Å². The van der Waals surface area contributed by atoms with Crippen LogP contribution in [0.1, 0.15) is 10.4 Å². The molecule has 4 rings (SSSR count). The summed E-state index contributed by atoms with van der Waals surface area (Å²) in [5, 5.41) is 14.6. The van der Waals surface area contributed by atoms with E-state index in [2.05, 4.69) is 5.32 Å². The molecule has 1 aromatic heterocycles. The van der Waals surface area contributed by atoms with Crippen LogP contribution >= 0.6 is 0 Å². The topological polar surface area (TPSA) is 62.5 Å². The number of hydrogen-bond donors (Lipinski definition) is 2. The molecule has 0 bridgehead atoms. The van der Waals surface area contributed by atoms with Crippen molar-refractivity contribution < 1.29 is 14.3 Å². The van der Waals surface area contributed by atoms with Crippen LogP contribution in [-0.4, -0.2) is 11.0 Å². The molecule has 0 aliphatic carbocycles. The summed E-state index contributed by atoms with van der Waals surface area (Å²) < 4.78 is 5.80. The van der Waals surface area contributed by atoms with Gasteiger partial charge in [-0.2, -0.15) is 0 Å². The molecule has 0 saturated carbocycles. The number of furan rings is 1. The second-order valence-electron chi connectivity index (χ2n) is 5.28. The highest BCUT2D eigenvalue weighted by atomic mass is 16.3. The first-order chi connectivity index (χ1) is 11.2. The summed E-state index contributed by atoms with van der Waals surface area (Å²) in [5.74, 6) is -0.409. The van der Waals surface area contributed by atoms with Gasteiger partial charge in [0.25, 0.3) is 5.91 Å². The molecule has 23 heavy (non-hydrogen) atoms. The minimum Gasteiger partial charge on any atom is -0.507 e. The normalized spacial score (nSPS) is 11.0. The number of fused-ring (bicyclic) bond motifs is 3. The molecule has 0 fully saturated rings. The van der Waals surface area contributed by atoms with E-state index in [9.17, 15) is 9.90 Å². The van der Waals surface area contributed by atoms with Gasteiger partial charge in [-0.25, -0.2) is 0 Å². The minimum absolute atomic E-state index is 0.0465. The maximum atomic E-state index is 12.2. The van der Waals surface area contributed by atoms with Gasteiger partial charge in [-0.3, -0.25) is 4.79 Å². The van der Waals surface area contributed by atoms with Crippen molar-refractivity contribution in [2.45, 2.75) is 0 Å². The Morgan fingerprint density at radius 2 is 1.61 bits per heavy atom. The number of phenols is 1. The lowest BCUT2D eigenvalue weighted by Crippen LogP contribution is -2.11. The number of anilines is 1. The summed E-state index contributed by atoms with van der Waals surface area (Å²) in [6.07, 6.45) is 0. The zero-order valence-corrected chi connectivity index (χ0v) is 12.1. The zero-order valence-electron chi connectivity index (χ0n) is 12.1. The Morgan fingerprint density at radius 3 is 2.48 bits per heavy atom. The standard InChI is InChI=1S/C19H13NO3/c21-16-7-3-1-6-15(16)19(22)20-12-9-10-14-13-5-2-4-8-17(13)23-18(14)11-12/h1-11,21H,(H,20,22). The molecule has 1 amide bonds. The SMILES string of the molecule is O=C(Nc1ccc2c(c1)oc1ccccc12)c1ccccc1O. The van der Waals surface area contributed by atoms with Gasteiger partial charge in [-0.1, -0.05) is 30.3 Å². The van der Waals surface area contributed by atoms with Crippen molar-refractivity contribution >= 4 is 33.5 Å². The van der Waals surface area contributed by atoms with E-state index >= 15 is 0 Å². The number of rotatable bonds is 2. The fraction of sp³-hybridized carbons (Fsp3) is 0. The van der Waals surface area contributed by atoms with Gasteiger partial charge < -0.3 is 14.8 Å². The first-order valence-electron chi connectivity index (χ1n) is 7.23. The highest BCUT2D eigenvalue weighted by Crippen LogP contribution is 2.30. The minimum atomic E-state index is -0.362. The number of benzene rings is 3. The van der Waals surface area contributed by atoms with Crippen LogP contribution in [0.3, 0.4) is 0 Å². The van der Waals surface area contributed by atoms with E-state index in [1.165, 1.54) is 6.07 Å². The van der Waals surface area contributed by atoms with Gasteiger partial charge in [0, 0.05) is 22.5 Å². The predicted molar refractivity (Wildman–Crippen MR) is 89.8 cm³/mol. The first-order valence-corrected chi connectivity index (χ1v) is 7.23. The summed E-state index contributed by atoms with van der Waals surface area (Å²) in [4.78, 5) is 12.2. The van der Waals surface area contributed by atoms with Crippen LogP contribution < -0.4 is 5.32 Å². The second kappa shape index (κ2) is 5.18. The molecule has 0 atom stereocenters. The van der Waals surface area contributed by atoms with Gasteiger partial charge in [0.1, 0.15) is 16.9 Å². The van der Waals surface area contributed by atoms with Crippen LogP contribution in [-0.2, 0) is 0 Å². The molecule has 0 aliphatic heterocycles. The number of nitrogens with one attached hydrogen (secondary N) is 1. The van der Waals surface area contributed by atoms with Crippen molar-refractivity contribution in [3.63, 3.8) is 0 Å². The molecular weight excluding hydrogens is 290 g/mol. The molecule has 0 radical (unpaired) electrons. The molecule has 0 aliphatic rings. The van der Waals surface area contributed by atoms with Gasteiger partial charge >= 0.3 is 0 Å². The molecule has 4 heteroatoms. The number of phenolic OH excluding ortho intramolecular Hbond substituents is 1. The highest BCUT2D eigenvalue weighted by molar-refractivity contribution is 6.09. The van der Waals surface area contributed by atoms with E-state index in [1.807, 2.05) is 36.4 Å². The van der Waals surface area contributed by atoms with Crippen LogP contribution in [0, 0.1) is 0 Å². The van der Waals surface area contributed by atoms with Crippen molar-refractivity contribution in [3.05, 3.63) is 72.3 Å². The summed E-state index contributed by atoms with van der Waals surface area (Å²) in [6, 6.07) is 19.8. The molecular formula is C19H13NO3. The van der Waals surface area contributed by atoms with E-state index in [4.69, 9.17) is 4.42 Å². The molecule has 4 aromatic rings. The van der Waals surface area contributed by atoms with E-state index in [0.717, 1.165) is 16.4 Å². The summed E-state index contributed by atoms with van der Waals surface area (Å²) >= 11 is 0. The van der Waals surface area contributed by atoms with Crippen molar-refractivity contribution in [1.82, 2.24) is 0 Å². The van der Waals surface area contributed by atoms with Crippen molar-refractivity contribution in [2.24, 2.45) is 0 Å². The van der Waals surface area contributed by atoms with Crippen molar-refractivity contribution in [1.29, 1.82) is 0 Å². The van der Waals surface area contributed by atoms with Gasteiger partial charge in [-0.05, 0) is 30.3 Å². The molecule has 0 spiro atoms. The second-order valence-corrected chi connectivity index (χ2v) is 5.28. The number of carbonyl (C=O) groups excluding carboxylic acids is 1. The van der Waals surface area contributed by atoms with Gasteiger partial charge in [0.15, 0.2) is 0 Å². The summed E-state index contributed by atoms with van der Waals surface area (Å²) in [5.41, 5.74) is 2.37. The van der Waals surface area contributed by atoms with Crippen molar-refractivity contribution in [3.8, 4) is 5.75 Å². The maximum Gasteiger partial charge on any atom is 0.259 e. The number of amides is 1. The van der Waals surface area contributed by atoms with Crippen LogP contribution in [0.15, 0.2) is 71.1 Å². The molecule has 0 unspecified atom stereocenters. The van der Waals surface area contributed by atoms with Gasteiger partial charge in [0.2, 0.25) is 0 Å². The molecule has 0 saturated heterocycles. The lowest BCUT2D eigenvalue weighted by Gasteiger charge is -2.06. The average Bonchev–Trinajstić information content (AvgIpc) is 2.92. The third kappa shape index (κ3) is 2.30. The largest absolute Gasteiger partial charge is 0.507 e. The highest BCUT2D eigenvalue weighted by Gasteiger charge is 2.12. The fourth-order valence-electron chi connectivity index (χ4n) is 2.67. The average molecular weight is 303 g/mol. The van der Waals surface area contributed by atoms with E-state index < -0.39 is 0 Å². The third-order valence-electron chi connectivity index (χ3n) is 3.79. The van der Waals surface area contributed by atoms with Crippen LogP contribution in [0.2, 0.25) is 0 Å². The Bertz CT molecular complexity index is 1030. The first kappa shape index (κ1) is 13.4. The lowest BCUT2D eigenvalue weighted by molar-refractivity contribution is 0.102. The Morgan fingerprint density at radius 1 is 0.870 bits per heavy atom. The van der Waals surface area contributed by atoms with E-state index in [-0.39, 0.29) is 17.2 Å². The van der Waals surface area contributed by atoms with Gasteiger partial charge in [0.05, 0.1) is 5.56 Å². The molecule has 4 nitrogen and oxygen atoms in total. The van der Waals surface area contributed by atoms with E-state index in [0.29, 0.717) is 11.3 Å². The summed E-state index contributed by atoms with van der Waals surface area (Å²) in [6.45, 7) is 0. The number of para-hydroxylation sites is 2. The fourth-order valence-corrected chi connectivity index (χ4v) is 2.67. The summed E-state index contributed by atoms with van der Waals surface area (Å²) in [7, 11) is 0. The Hall–Kier alpha value is -3.27. The zero-order chi connectivity index (χ0) is 15.8. The molecule has 1 heterocycles. The Balaban J connectivity index is 1.71. The van der Waals surface area contributed by atoms with Crippen LogP contribution in [0.4, 0.5) is 5.69 Å². The molecule has 112 valence electrons. The maximum absolute atomic E-state index is 12.2. The Kier molecular flexibility index (Phi) is 3.01. The van der Waals surface area contributed by atoms with Crippen LogP contribution in [0.5, 0.6) is 5.75 Å².